The zero-order valence-corrected chi connectivity index (χ0v) is 13.4. The number of hydrogen-bond donors (Lipinski definition) is 1. The molecule has 1 heterocycles. The van der Waals surface area contributed by atoms with Crippen LogP contribution in [0, 0.1) is 0 Å². The van der Waals surface area contributed by atoms with E-state index in [0.717, 1.165) is 21.7 Å². The molecule has 21 heavy (non-hydrogen) atoms. The molecule has 5 nitrogen and oxygen atoms in total. The third-order valence-electron chi connectivity index (χ3n) is 2.85. The first-order valence-corrected chi connectivity index (χ1v) is 8.53. The van der Waals surface area contributed by atoms with E-state index in [1.165, 1.54) is 12.4 Å². The van der Waals surface area contributed by atoms with Crippen LogP contribution in [-0.4, -0.2) is 30.8 Å². The SMILES string of the molecule is CN(Cc1ccccc1Cl)S(=O)(=O)c1csc(C(=O)O)c1. The summed E-state index contributed by atoms with van der Waals surface area (Å²) in [5.74, 6) is -1.14. The van der Waals surface area contributed by atoms with Gasteiger partial charge in [0.25, 0.3) is 0 Å². The molecule has 1 aromatic carbocycles. The van der Waals surface area contributed by atoms with Crippen molar-refractivity contribution in [2.45, 2.75) is 11.4 Å². The smallest absolute Gasteiger partial charge is 0.345 e. The molecule has 0 unspecified atom stereocenters. The maximum atomic E-state index is 12.4. The fourth-order valence-electron chi connectivity index (χ4n) is 1.70. The van der Waals surface area contributed by atoms with Gasteiger partial charge >= 0.3 is 5.97 Å². The van der Waals surface area contributed by atoms with Gasteiger partial charge in [-0.2, -0.15) is 4.31 Å². The summed E-state index contributed by atoms with van der Waals surface area (Å²) in [6, 6.07) is 8.12. The standard InChI is InChI=1S/C13H12ClNO4S2/c1-15(7-9-4-2-3-5-11(9)14)21(18,19)10-6-12(13(16)17)20-8-10/h2-6,8H,7H2,1H3,(H,16,17). The van der Waals surface area contributed by atoms with Gasteiger partial charge in [0.1, 0.15) is 4.88 Å². The number of hydrogen-bond acceptors (Lipinski definition) is 4. The minimum absolute atomic E-state index is 0.0141. The van der Waals surface area contributed by atoms with E-state index in [0.29, 0.717) is 10.6 Å². The highest BCUT2D eigenvalue weighted by atomic mass is 35.5. The lowest BCUT2D eigenvalue weighted by molar-refractivity contribution is 0.0702. The molecule has 0 bridgehead atoms. The fourth-order valence-corrected chi connectivity index (χ4v) is 4.14. The Morgan fingerprint density at radius 1 is 1.38 bits per heavy atom. The second-order valence-electron chi connectivity index (χ2n) is 4.30. The molecule has 2 aromatic rings. The van der Waals surface area contributed by atoms with Gasteiger partial charge < -0.3 is 5.11 Å². The third-order valence-corrected chi connectivity index (χ3v) is 6.06. The Bertz CT molecular complexity index is 770. The maximum absolute atomic E-state index is 12.4. The van der Waals surface area contributed by atoms with E-state index in [-0.39, 0.29) is 16.3 Å². The zero-order valence-electron chi connectivity index (χ0n) is 11.0. The molecule has 0 fully saturated rings. The summed E-state index contributed by atoms with van der Waals surface area (Å²) < 4.78 is 25.9. The molecule has 0 saturated heterocycles. The first-order valence-electron chi connectivity index (χ1n) is 5.84. The van der Waals surface area contributed by atoms with Gasteiger partial charge in [-0.15, -0.1) is 11.3 Å². The summed E-state index contributed by atoms with van der Waals surface area (Å²) in [6.45, 7) is 0.111. The van der Waals surface area contributed by atoms with Crippen LogP contribution in [0.15, 0.2) is 40.6 Å². The highest BCUT2D eigenvalue weighted by Crippen LogP contribution is 2.24. The number of sulfonamides is 1. The summed E-state index contributed by atoms with van der Waals surface area (Å²) in [5.41, 5.74) is 0.680. The van der Waals surface area contributed by atoms with Gasteiger partial charge in [-0.05, 0) is 17.7 Å². The van der Waals surface area contributed by atoms with Crippen molar-refractivity contribution in [2.75, 3.05) is 7.05 Å². The van der Waals surface area contributed by atoms with Crippen molar-refractivity contribution in [3.05, 3.63) is 51.2 Å². The number of aromatic carboxylic acids is 1. The van der Waals surface area contributed by atoms with Crippen LogP contribution in [0.1, 0.15) is 15.2 Å². The average Bonchev–Trinajstić information content (AvgIpc) is 2.91. The molecule has 0 saturated carbocycles. The molecular weight excluding hydrogens is 334 g/mol. The quantitative estimate of drug-likeness (QED) is 0.904. The van der Waals surface area contributed by atoms with E-state index in [9.17, 15) is 13.2 Å². The normalized spacial score (nSPS) is 11.8. The lowest BCUT2D eigenvalue weighted by atomic mass is 10.2. The largest absolute Gasteiger partial charge is 0.477 e. The number of benzene rings is 1. The van der Waals surface area contributed by atoms with Crippen LogP contribution >= 0.6 is 22.9 Å². The van der Waals surface area contributed by atoms with E-state index >= 15 is 0 Å². The van der Waals surface area contributed by atoms with Crippen LogP contribution in [0.2, 0.25) is 5.02 Å². The van der Waals surface area contributed by atoms with Crippen molar-refractivity contribution in [1.82, 2.24) is 4.31 Å². The van der Waals surface area contributed by atoms with Crippen molar-refractivity contribution in [3.8, 4) is 0 Å². The number of carboxylic acid groups (broad SMARTS) is 1. The molecular formula is C13H12ClNO4S2. The van der Waals surface area contributed by atoms with Crippen molar-refractivity contribution in [3.63, 3.8) is 0 Å². The average molecular weight is 346 g/mol. The molecule has 1 N–H and O–H groups in total. The van der Waals surface area contributed by atoms with E-state index in [4.69, 9.17) is 16.7 Å². The van der Waals surface area contributed by atoms with Crippen LogP contribution in [-0.2, 0) is 16.6 Å². The van der Waals surface area contributed by atoms with Gasteiger partial charge in [0.15, 0.2) is 0 Å². The van der Waals surface area contributed by atoms with Crippen LogP contribution in [0.5, 0.6) is 0 Å². The van der Waals surface area contributed by atoms with Gasteiger partial charge in [0.05, 0.1) is 4.90 Å². The summed E-state index contributed by atoms with van der Waals surface area (Å²) in [4.78, 5) is 10.8. The molecule has 0 aliphatic rings. The minimum atomic E-state index is -3.74. The minimum Gasteiger partial charge on any atom is -0.477 e. The van der Waals surface area contributed by atoms with Crippen LogP contribution in [0.25, 0.3) is 0 Å². The molecule has 0 aliphatic heterocycles. The Balaban J connectivity index is 2.26. The molecule has 0 atom stereocenters. The van der Waals surface area contributed by atoms with Gasteiger partial charge in [-0.1, -0.05) is 29.8 Å². The van der Waals surface area contributed by atoms with E-state index in [2.05, 4.69) is 0 Å². The van der Waals surface area contributed by atoms with Gasteiger partial charge in [0, 0.05) is 24.0 Å². The predicted molar refractivity (Wildman–Crippen MR) is 81.4 cm³/mol. The number of carboxylic acids is 1. The number of thiophene rings is 1. The summed E-state index contributed by atoms with van der Waals surface area (Å²) >= 11 is 6.89. The Labute approximate surface area is 131 Å². The van der Waals surface area contributed by atoms with Gasteiger partial charge in [-0.25, -0.2) is 13.2 Å². The molecule has 1 aromatic heterocycles. The molecule has 0 spiro atoms. The molecule has 112 valence electrons. The zero-order chi connectivity index (χ0) is 15.6. The first-order chi connectivity index (χ1) is 9.82. The second-order valence-corrected chi connectivity index (χ2v) is 7.67. The van der Waals surface area contributed by atoms with Crippen LogP contribution in [0.4, 0.5) is 0 Å². The van der Waals surface area contributed by atoms with Gasteiger partial charge in [0.2, 0.25) is 10.0 Å². The van der Waals surface area contributed by atoms with E-state index in [1.54, 1.807) is 24.3 Å². The van der Waals surface area contributed by atoms with E-state index in [1.807, 2.05) is 0 Å². The number of carbonyl (C=O) groups is 1. The van der Waals surface area contributed by atoms with Crippen LogP contribution < -0.4 is 0 Å². The van der Waals surface area contributed by atoms with E-state index < -0.39 is 16.0 Å². The summed E-state index contributed by atoms with van der Waals surface area (Å²) in [5, 5.41) is 10.7. The Kier molecular flexibility index (Phi) is 4.67. The summed E-state index contributed by atoms with van der Waals surface area (Å²) in [7, 11) is -2.32. The molecule has 0 amide bonds. The topological polar surface area (TPSA) is 74.7 Å². The Morgan fingerprint density at radius 3 is 2.62 bits per heavy atom. The molecule has 0 radical (unpaired) electrons. The highest BCUT2D eigenvalue weighted by molar-refractivity contribution is 7.89. The predicted octanol–water partition coefficient (Wildman–Crippen LogP) is 2.92. The maximum Gasteiger partial charge on any atom is 0.345 e. The Morgan fingerprint density at radius 2 is 2.05 bits per heavy atom. The summed E-state index contributed by atoms with van der Waals surface area (Å²) in [6.07, 6.45) is 0. The second kappa shape index (κ2) is 6.15. The third kappa shape index (κ3) is 3.44. The van der Waals surface area contributed by atoms with Crippen molar-refractivity contribution in [1.29, 1.82) is 0 Å². The fraction of sp³-hybridized carbons (Fsp3) is 0.154. The number of rotatable bonds is 5. The van der Waals surface area contributed by atoms with Crippen LogP contribution in [0.3, 0.4) is 0 Å². The van der Waals surface area contributed by atoms with Gasteiger partial charge in [-0.3, -0.25) is 0 Å². The monoisotopic (exact) mass is 345 g/mol. The molecule has 8 heteroatoms. The van der Waals surface area contributed by atoms with Crippen molar-refractivity contribution in [2.24, 2.45) is 0 Å². The molecule has 0 aliphatic carbocycles. The van der Waals surface area contributed by atoms with Crippen molar-refractivity contribution >= 4 is 38.9 Å². The molecule has 2 rings (SSSR count). The lowest BCUT2D eigenvalue weighted by Gasteiger charge is -2.17. The Hall–Kier alpha value is -1.41. The first kappa shape index (κ1) is 16.0. The highest BCUT2D eigenvalue weighted by Gasteiger charge is 2.24. The number of nitrogens with zero attached hydrogens (tertiary/aromatic N) is 1. The lowest BCUT2D eigenvalue weighted by Crippen LogP contribution is -2.26. The number of halogens is 1. The van der Waals surface area contributed by atoms with Crippen molar-refractivity contribution < 1.29 is 18.3 Å².